The third-order valence-corrected chi connectivity index (χ3v) is 6.66. The van der Waals surface area contributed by atoms with Gasteiger partial charge in [-0.3, -0.25) is 19.9 Å². The summed E-state index contributed by atoms with van der Waals surface area (Å²) < 4.78 is 0. The molecule has 6 heteroatoms. The van der Waals surface area contributed by atoms with Gasteiger partial charge < -0.3 is 0 Å². The highest BCUT2D eigenvalue weighted by molar-refractivity contribution is 8.00. The van der Waals surface area contributed by atoms with Gasteiger partial charge in [0.15, 0.2) is 0 Å². The van der Waals surface area contributed by atoms with Gasteiger partial charge in [0, 0.05) is 90.7 Å². The highest BCUT2D eigenvalue weighted by Crippen LogP contribution is 2.45. The molecular formula is C22H14N4S2. The van der Waals surface area contributed by atoms with Gasteiger partial charge in [0.1, 0.15) is 0 Å². The summed E-state index contributed by atoms with van der Waals surface area (Å²) in [6, 6.07) is 12.3. The van der Waals surface area contributed by atoms with Crippen LogP contribution in [0.2, 0.25) is 0 Å². The van der Waals surface area contributed by atoms with Crippen LogP contribution >= 0.6 is 23.5 Å². The first kappa shape index (κ1) is 17.2. The van der Waals surface area contributed by atoms with Crippen LogP contribution in [0.4, 0.5) is 0 Å². The Kier molecular flexibility index (Phi) is 4.64. The molecule has 0 amide bonds. The van der Waals surface area contributed by atoms with Crippen molar-refractivity contribution >= 4 is 45.1 Å². The van der Waals surface area contributed by atoms with Crippen molar-refractivity contribution in [3.05, 3.63) is 86.0 Å². The van der Waals surface area contributed by atoms with E-state index in [9.17, 15) is 0 Å². The summed E-state index contributed by atoms with van der Waals surface area (Å²) in [5.41, 5.74) is 0. The number of aromatic nitrogens is 4. The van der Waals surface area contributed by atoms with Crippen molar-refractivity contribution in [3.8, 4) is 0 Å². The predicted octanol–water partition coefficient (Wildman–Crippen LogP) is 5.88. The first-order chi connectivity index (χ1) is 13.9. The minimum atomic E-state index is 1.14. The molecule has 5 rings (SSSR count). The molecule has 0 N–H and O–H groups in total. The summed E-state index contributed by atoms with van der Waals surface area (Å²) in [4.78, 5) is 21.7. The van der Waals surface area contributed by atoms with Crippen LogP contribution in [0.25, 0.3) is 21.5 Å². The molecule has 0 aliphatic rings. The van der Waals surface area contributed by atoms with Gasteiger partial charge in [-0.05, 0) is 36.4 Å². The van der Waals surface area contributed by atoms with Gasteiger partial charge in [-0.15, -0.1) is 0 Å². The lowest BCUT2D eigenvalue weighted by Gasteiger charge is -2.15. The van der Waals surface area contributed by atoms with E-state index in [4.69, 9.17) is 0 Å². The zero-order chi connectivity index (χ0) is 18.8. The third kappa shape index (κ3) is 3.21. The second-order valence-electron chi connectivity index (χ2n) is 6.07. The van der Waals surface area contributed by atoms with Gasteiger partial charge in [-0.25, -0.2) is 0 Å². The Bertz CT molecular complexity index is 1100. The number of rotatable bonds is 4. The van der Waals surface area contributed by atoms with E-state index in [0.717, 1.165) is 20.6 Å². The Morgan fingerprint density at radius 3 is 1.25 bits per heavy atom. The summed E-state index contributed by atoms with van der Waals surface area (Å²) in [7, 11) is 0. The molecule has 0 unspecified atom stereocenters. The molecule has 0 saturated heterocycles. The molecule has 134 valence electrons. The quantitative estimate of drug-likeness (QED) is 0.353. The van der Waals surface area contributed by atoms with Gasteiger partial charge in [-0.2, -0.15) is 0 Å². The average molecular weight is 399 g/mol. The highest BCUT2D eigenvalue weighted by atomic mass is 32.2. The number of benzene rings is 1. The molecule has 4 heterocycles. The Morgan fingerprint density at radius 1 is 0.429 bits per heavy atom. The SMILES string of the molecule is c1cc(Sc2c3ccncc3c(Sc3ccncc3)c3ccncc23)ccn1. The van der Waals surface area contributed by atoms with Crippen molar-refractivity contribution in [2.75, 3.05) is 0 Å². The zero-order valence-corrected chi connectivity index (χ0v) is 16.3. The third-order valence-electron chi connectivity index (χ3n) is 4.36. The Morgan fingerprint density at radius 2 is 0.821 bits per heavy atom. The maximum absolute atomic E-state index is 4.41. The number of pyridine rings is 4. The topological polar surface area (TPSA) is 51.6 Å². The van der Waals surface area contributed by atoms with E-state index < -0.39 is 0 Å². The highest BCUT2D eigenvalue weighted by Gasteiger charge is 2.16. The molecule has 28 heavy (non-hydrogen) atoms. The maximum Gasteiger partial charge on any atom is 0.0358 e. The minimum absolute atomic E-state index is 1.14. The largest absolute Gasteiger partial charge is 0.265 e. The molecule has 0 aliphatic carbocycles. The maximum atomic E-state index is 4.41. The molecule has 4 nitrogen and oxygen atoms in total. The van der Waals surface area contributed by atoms with E-state index in [2.05, 4.69) is 32.1 Å². The fourth-order valence-corrected chi connectivity index (χ4v) is 5.21. The zero-order valence-electron chi connectivity index (χ0n) is 14.7. The molecule has 0 aliphatic heterocycles. The summed E-state index contributed by atoms with van der Waals surface area (Å²) in [6.07, 6.45) is 14.9. The molecule has 0 bridgehead atoms. The van der Waals surface area contributed by atoms with Crippen LogP contribution in [0.3, 0.4) is 0 Å². The summed E-state index contributed by atoms with van der Waals surface area (Å²) >= 11 is 3.47. The fourth-order valence-electron chi connectivity index (χ4n) is 3.11. The standard InChI is InChI=1S/C22H14N4S2/c1-7-23-8-2-15(1)27-21-17-5-11-26-14-20(17)22(18-6-12-25-13-19(18)21)28-16-3-9-24-10-4-16/h1-14H. The van der Waals surface area contributed by atoms with E-state index >= 15 is 0 Å². The molecule has 0 atom stereocenters. The first-order valence-corrected chi connectivity index (χ1v) is 10.3. The van der Waals surface area contributed by atoms with Crippen LogP contribution in [-0.2, 0) is 0 Å². The van der Waals surface area contributed by atoms with E-state index in [0.29, 0.717) is 0 Å². The van der Waals surface area contributed by atoms with Crippen molar-refractivity contribution in [1.82, 2.24) is 19.9 Å². The van der Waals surface area contributed by atoms with Gasteiger partial charge in [0.25, 0.3) is 0 Å². The summed E-state index contributed by atoms with van der Waals surface area (Å²) in [5, 5.41) is 4.63. The Hall–Kier alpha value is -2.96. The van der Waals surface area contributed by atoms with Crippen molar-refractivity contribution in [3.63, 3.8) is 0 Å². The molecule has 0 fully saturated rings. The Labute approximate surface area is 170 Å². The second kappa shape index (κ2) is 7.58. The van der Waals surface area contributed by atoms with Gasteiger partial charge in [0.2, 0.25) is 0 Å². The van der Waals surface area contributed by atoms with Crippen LogP contribution in [0, 0.1) is 0 Å². The van der Waals surface area contributed by atoms with Crippen molar-refractivity contribution in [1.29, 1.82) is 0 Å². The average Bonchev–Trinajstić information content (AvgIpc) is 2.77. The monoisotopic (exact) mass is 398 g/mol. The van der Waals surface area contributed by atoms with Crippen molar-refractivity contribution < 1.29 is 0 Å². The molecule has 5 aromatic rings. The van der Waals surface area contributed by atoms with E-state index in [-0.39, 0.29) is 0 Å². The Balaban J connectivity index is 1.78. The van der Waals surface area contributed by atoms with Crippen LogP contribution in [-0.4, -0.2) is 19.9 Å². The second-order valence-corrected chi connectivity index (χ2v) is 8.24. The van der Waals surface area contributed by atoms with Crippen LogP contribution in [0.15, 0.2) is 106 Å². The van der Waals surface area contributed by atoms with Crippen LogP contribution < -0.4 is 0 Å². The fraction of sp³-hybridized carbons (Fsp3) is 0. The molecule has 1 aromatic carbocycles. The van der Waals surface area contributed by atoms with E-state index in [1.54, 1.807) is 23.5 Å². The van der Waals surface area contributed by atoms with Crippen LogP contribution in [0.1, 0.15) is 0 Å². The van der Waals surface area contributed by atoms with E-state index in [1.807, 2.05) is 73.8 Å². The predicted molar refractivity (Wildman–Crippen MR) is 114 cm³/mol. The molecule has 0 spiro atoms. The summed E-state index contributed by atoms with van der Waals surface area (Å²) in [5.74, 6) is 0. The number of hydrogen-bond donors (Lipinski definition) is 0. The smallest absolute Gasteiger partial charge is 0.0358 e. The van der Waals surface area contributed by atoms with Gasteiger partial charge in [-0.1, -0.05) is 23.5 Å². The van der Waals surface area contributed by atoms with Crippen LogP contribution in [0.5, 0.6) is 0 Å². The van der Waals surface area contributed by atoms with Crippen molar-refractivity contribution in [2.24, 2.45) is 0 Å². The first-order valence-electron chi connectivity index (χ1n) is 8.69. The lowest BCUT2D eigenvalue weighted by Crippen LogP contribution is -1.89. The molecular weight excluding hydrogens is 384 g/mol. The van der Waals surface area contributed by atoms with Gasteiger partial charge in [0.05, 0.1) is 0 Å². The lowest BCUT2D eigenvalue weighted by atomic mass is 10.1. The number of fused-ring (bicyclic) bond motifs is 2. The van der Waals surface area contributed by atoms with Gasteiger partial charge >= 0.3 is 0 Å². The molecule has 4 aromatic heterocycles. The van der Waals surface area contributed by atoms with Crippen molar-refractivity contribution in [2.45, 2.75) is 19.6 Å². The lowest BCUT2D eigenvalue weighted by molar-refractivity contribution is 1.26. The molecule has 0 saturated carbocycles. The normalized spacial score (nSPS) is 11.1. The number of nitrogens with zero attached hydrogens (tertiary/aromatic N) is 4. The molecule has 0 radical (unpaired) electrons. The summed E-state index contributed by atoms with van der Waals surface area (Å²) in [6.45, 7) is 0. The minimum Gasteiger partial charge on any atom is -0.265 e. The number of hydrogen-bond acceptors (Lipinski definition) is 6. The van der Waals surface area contributed by atoms with E-state index in [1.165, 1.54) is 20.6 Å².